The van der Waals surface area contributed by atoms with Gasteiger partial charge in [-0.15, -0.1) is 11.8 Å². The van der Waals surface area contributed by atoms with E-state index in [0.29, 0.717) is 24.5 Å². The third kappa shape index (κ3) is 5.13. The molecule has 0 aromatic heterocycles. The van der Waals surface area contributed by atoms with E-state index in [4.69, 9.17) is 9.47 Å². The minimum atomic E-state index is -0.266. The lowest BCUT2D eigenvalue weighted by Crippen LogP contribution is -2.31. The van der Waals surface area contributed by atoms with Crippen LogP contribution in [0.25, 0.3) is 0 Å². The summed E-state index contributed by atoms with van der Waals surface area (Å²) in [4.78, 5) is 15.6. The molecule has 0 bridgehead atoms. The number of nitrogens with one attached hydrogen (secondary N) is 1. The van der Waals surface area contributed by atoms with Crippen molar-refractivity contribution in [3.8, 4) is 11.5 Å². The molecular formula is C22H28N2O3S. The van der Waals surface area contributed by atoms with Crippen molar-refractivity contribution in [1.29, 1.82) is 0 Å². The van der Waals surface area contributed by atoms with Gasteiger partial charge in [0.05, 0.1) is 18.0 Å². The Kier molecular flexibility index (Phi) is 7.48. The summed E-state index contributed by atoms with van der Waals surface area (Å²) in [6.45, 7) is 7.07. The van der Waals surface area contributed by atoms with Gasteiger partial charge in [0, 0.05) is 36.7 Å². The number of nitrogens with zero attached hydrogens (tertiary/aromatic N) is 1. The molecule has 1 heterocycles. The van der Waals surface area contributed by atoms with Crippen molar-refractivity contribution in [3.63, 3.8) is 0 Å². The molecule has 0 radical (unpaired) electrons. The van der Waals surface area contributed by atoms with Gasteiger partial charge in [-0.3, -0.25) is 4.79 Å². The highest BCUT2D eigenvalue weighted by Gasteiger charge is 2.17. The van der Waals surface area contributed by atoms with E-state index in [0.717, 1.165) is 37.5 Å². The van der Waals surface area contributed by atoms with Crippen LogP contribution in [0.2, 0.25) is 0 Å². The molecule has 5 nitrogen and oxygen atoms in total. The smallest absolute Gasteiger partial charge is 0.311 e. The molecule has 1 aliphatic rings. The third-order valence-electron chi connectivity index (χ3n) is 4.53. The predicted octanol–water partition coefficient (Wildman–Crippen LogP) is 4.82. The largest absolute Gasteiger partial charge is 0.490 e. The molecule has 0 aliphatic carbocycles. The van der Waals surface area contributed by atoms with Crippen LogP contribution in [0.1, 0.15) is 26.7 Å². The van der Waals surface area contributed by atoms with Crippen LogP contribution in [-0.4, -0.2) is 38.0 Å². The Labute approximate surface area is 171 Å². The predicted molar refractivity (Wildman–Crippen MR) is 116 cm³/mol. The second-order valence-electron chi connectivity index (χ2n) is 6.48. The fourth-order valence-corrected chi connectivity index (χ4v) is 4.22. The molecule has 0 spiro atoms. The van der Waals surface area contributed by atoms with Gasteiger partial charge in [-0.1, -0.05) is 25.1 Å². The van der Waals surface area contributed by atoms with E-state index in [1.807, 2.05) is 36.9 Å². The Morgan fingerprint density at radius 3 is 2.86 bits per heavy atom. The Bertz CT molecular complexity index is 797. The summed E-state index contributed by atoms with van der Waals surface area (Å²) in [6, 6.07) is 14.3. The quantitative estimate of drug-likeness (QED) is 0.370. The first kappa shape index (κ1) is 20.4. The zero-order valence-corrected chi connectivity index (χ0v) is 17.4. The van der Waals surface area contributed by atoms with Gasteiger partial charge in [0.25, 0.3) is 0 Å². The fourth-order valence-electron chi connectivity index (χ4n) is 3.17. The second-order valence-corrected chi connectivity index (χ2v) is 7.61. The van der Waals surface area contributed by atoms with E-state index in [1.165, 1.54) is 10.6 Å². The second kappa shape index (κ2) is 10.3. The van der Waals surface area contributed by atoms with Gasteiger partial charge in [-0.2, -0.15) is 0 Å². The first-order valence-corrected chi connectivity index (χ1v) is 10.9. The highest BCUT2D eigenvalue weighted by Crippen LogP contribution is 2.36. The zero-order chi connectivity index (χ0) is 19.8. The molecule has 28 heavy (non-hydrogen) atoms. The average Bonchev–Trinajstić information content (AvgIpc) is 2.73. The molecule has 0 saturated carbocycles. The molecule has 2 aromatic carbocycles. The van der Waals surface area contributed by atoms with Gasteiger partial charge in [0.1, 0.15) is 0 Å². The fraction of sp³-hybridized carbons (Fsp3) is 0.409. The first-order valence-electron chi connectivity index (χ1n) is 9.90. The Morgan fingerprint density at radius 2 is 2.04 bits per heavy atom. The molecule has 150 valence electrons. The molecule has 0 fully saturated rings. The number of benzene rings is 2. The van der Waals surface area contributed by atoms with Crippen molar-refractivity contribution in [2.24, 2.45) is 0 Å². The maximum atomic E-state index is 11.8. The van der Waals surface area contributed by atoms with Crippen LogP contribution in [0.4, 0.5) is 11.4 Å². The molecular weight excluding hydrogens is 372 g/mol. The monoisotopic (exact) mass is 400 g/mol. The van der Waals surface area contributed by atoms with E-state index in [2.05, 4.69) is 34.5 Å². The topological polar surface area (TPSA) is 50.8 Å². The number of rotatable bonds is 9. The van der Waals surface area contributed by atoms with E-state index < -0.39 is 0 Å². The summed E-state index contributed by atoms with van der Waals surface area (Å²) in [5, 5.41) is 3.42. The normalized spacial score (nSPS) is 13.0. The van der Waals surface area contributed by atoms with E-state index in [9.17, 15) is 4.79 Å². The standard InChI is InChI=1S/C22H28N2O3S/c1-3-21(25)27-22-17(9-7-11-19(22)26-4-2)23-13-8-14-24-15-16-28-20-12-6-5-10-18(20)24/h5-7,9-12,23H,3-4,8,13-16H2,1-2H3. The van der Waals surface area contributed by atoms with Crippen LogP contribution in [0.3, 0.4) is 0 Å². The molecule has 0 amide bonds. The SMILES string of the molecule is CCOc1cccc(NCCCN2CCSc3ccccc32)c1OC(=O)CC. The summed E-state index contributed by atoms with van der Waals surface area (Å²) in [7, 11) is 0. The van der Waals surface area contributed by atoms with Gasteiger partial charge in [-0.25, -0.2) is 0 Å². The highest BCUT2D eigenvalue weighted by atomic mass is 32.2. The van der Waals surface area contributed by atoms with Crippen LogP contribution < -0.4 is 19.7 Å². The Hall–Kier alpha value is -2.34. The van der Waals surface area contributed by atoms with Crippen molar-refractivity contribution >= 4 is 29.1 Å². The number of hydrogen-bond donors (Lipinski definition) is 1. The molecule has 0 saturated heterocycles. The van der Waals surface area contributed by atoms with Crippen LogP contribution >= 0.6 is 11.8 Å². The minimum Gasteiger partial charge on any atom is -0.490 e. The molecule has 0 atom stereocenters. The van der Waals surface area contributed by atoms with Crippen molar-refractivity contribution in [2.75, 3.05) is 42.2 Å². The molecule has 1 N–H and O–H groups in total. The summed E-state index contributed by atoms with van der Waals surface area (Å²) >= 11 is 1.92. The molecule has 1 aliphatic heterocycles. The van der Waals surface area contributed by atoms with Crippen molar-refractivity contribution < 1.29 is 14.3 Å². The van der Waals surface area contributed by atoms with Crippen LogP contribution in [-0.2, 0) is 4.79 Å². The summed E-state index contributed by atoms with van der Waals surface area (Å²) in [6.07, 6.45) is 1.31. The summed E-state index contributed by atoms with van der Waals surface area (Å²) in [5.74, 6) is 1.93. The minimum absolute atomic E-state index is 0.266. The molecule has 6 heteroatoms. The van der Waals surface area contributed by atoms with E-state index in [1.54, 1.807) is 6.92 Å². The van der Waals surface area contributed by atoms with E-state index >= 15 is 0 Å². The summed E-state index contributed by atoms with van der Waals surface area (Å²) in [5.41, 5.74) is 2.12. The van der Waals surface area contributed by atoms with Crippen molar-refractivity contribution in [1.82, 2.24) is 0 Å². The molecule has 0 unspecified atom stereocenters. The number of para-hydroxylation sites is 2. The maximum absolute atomic E-state index is 11.8. The molecule has 3 rings (SSSR count). The number of ether oxygens (including phenoxy) is 2. The Morgan fingerprint density at radius 1 is 1.18 bits per heavy atom. The molecule has 2 aromatic rings. The number of carbonyl (C=O) groups excluding carboxylic acids is 1. The van der Waals surface area contributed by atoms with Crippen LogP contribution in [0.15, 0.2) is 47.4 Å². The Balaban J connectivity index is 1.60. The van der Waals surface area contributed by atoms with Crippen molar-refractivity contribution in [2.45, 2.75) is 31.6 Å². The van der Waals surface area contributed by atoms with Gasteiger partial charge >= 0.3 is 5.97 Å². The van der Waals surface area contributed by atoms with Gasteiger partial charge < -0.3 is 19.7 Å². The lowest BCUT2D eigenvalue weighted by atomic mass is 10.2. The van der Waals surface area contributed by atoms with Gasteiger partial charge in [0.15, 0.2) is 11.5 Å². The number of esters is 1. The highest BCUT2D eigenvalue weighted by molar-refractivity contribution is 7.99. The van der Waals surface area contributed by atoms with Gasteiger partial charge in [-0.05, 0) is 37.6 Å². The lowest BCUT2D eigenvalue weighted by Gasteiger charge is -2.30. The van der Waals surface area contributed by atoms with Gasteiger partial charge in [0.2, 0.25) is 0 Å². The first-order chi connectivity index (χ1) is 13.7. The van der Waals surface area contributed by atoms with Crippen LogP contribution in [0, 0.1) is 0 Å². The van der Waals surface area contributed by atoms with E-state index in [-0.39, 0.29) is 5.97 Å². The number of anilines is 2. The number of fused-ring (bicyclic) bond motifs is 1. The number of carbonyl (C=O) groups is 1. The zero-order valence-electron chi connectivity index (χ0n) is 16.6. The number of thioether (sulfide) groups is 1. The average molecular weight is 401 g/mol. The van der Waals surface area contributed by atoms with Crippen molar-refractivity contribution in [3.05, 3.63) is 42.5 Å². The number of hydrogen-bond acceptors (Lipinski definition) is 6. The lowest BCUT2D eigenvalue weighted by molar-refractivity contribution is -0.134. The maximum Gasteiger partial charge on any atom is 0.311 e. The van der Waals surface area contributed by atoms with Crippen LogP contribution in [0.5, 0.6) is 11.5 Å². The summed E-state index contributed by atoms with van der Waals surface area (Å²) < 4.78 is 11.2. The third-order valence-corrected chi connectivity index (χ3v) is 5.57.